The Kier molecular flexibility index (Phi) is 7.33. The molecule has 0 aromatic carbocycles. The van der Waals surface area contributed by atoms with Gasteiger partial charge in [0.05, 0.1) is 6.21 Å². The van der Waals surface area contributed by atoms with Crippen LogP contribution in [0.1, 0.15) is 38.7 Å². The van der Waals surface area contributed by atoms with Crippen LogP contribution in [0.2, 0.25) is 0 Å². The summed E-state index contributed by atoms with van der Waals surface area (Å²) < 4.78 is 2.01. The predicted octanol–water partition coefficient (Wildman–Crippen LogP) is 3.43. The molecule has 1 aromatic rings. The zero-order valence-corrected chi connectivity index (χ0v) is 13.1. The number of nitrogens with zero attached hydrogens (tertiary/aromatic N) is 3. The molecule has 0 aliphatic heterocycles. The fourth-order valence-electron chi connectivity index (χ4n) is 1.84. The highest BCUT2D eigenvalue weighted by molar-refractivity contribution is 5.78. The van der Waals surface area contributed by atoms with Gasteiger partial charge in [-0.2, -0.15) is 5.10 Å². The van der Waals surface area contributed by atoms with Crippen LogP contribution in [0.5, 0.6) is 0 Å². The van der Waals surface area contributed by atoms with Gasteiger partial charge < -0.3 is 0 Å². The Morgan fingerprint density at radius 3 is 2.55 bits per heavy atom. The van der Waals surface area contributed by atoms with E-state index in [1.807, 2.05) is 56.1 Å². The lowest BCUT2D eigenvalue weighted by molar-refractivity contribution is -0.671. The summed E-state index contributed by atoms with van der Waals surface area (Å²) >= 11 is 0. The summed E-state index contributed by atoms with van der Waals surface area (Å²) in [6.45, 7) is 4.00. The van der Waals surface area contributed by atoms with Crippen molar-refractivity contribution >= 4 is 6.21 Å². The van der Waals surface area contributed by atoms with Gasteiger partial charge in [-0.1, -0.05) is 32.1 Å². The highest BCUT2D eigenvalue weighted by atomic mass is 15.4. The minimum absolute atomic E-state index is 0.970. The number of aromatic nitrogens is 1. The molecule has 0 N–H and O–H groups in total. The van der Waals surface area contributed by atoms with Gasteiger partial charge in [-0.25, -0.2) is 4.57 Å². The number of aryl methyl sites for hydroxylation is 1. The molecule has 0 atom stereocenters. The molecule has 3 heteroatoms. The van der Waals surface area contributed by atoms with Gasteiger partial charge in [0.1, 0.15) is 7.05 Å². The van der Waals surface area contributed by atoms with Crippen LogP contribution in [0.25, 0.3) is 0 Å². The highest BCUT2D eigenvalue weighted by Crippen LogP contribution is 2.14. The molecular formula is C17H26N3+. The van der Waals surface area contributed by atoms with Crippen LogP contribution < -0.4 is 4.57 Å². The minimum Gasteiger partial charge on any atom is -0.273 e. The lowest BCUT2D eigenvalue weighted by Gasteiger charge is -2.15. The Labute approximate surface area is 122 Å². The molecule has 0 radical (unpaired) electrons. The average molecular weight is 272 g/mol. The van der Waals surface area contributed by atoms with Crippen LogP contribution in [0.15, 0.2) is 53.6 Å². The number of allylic oxidation sites excluding steroid dienone is 3. The SMILES string of the molecule is CC.CN(/N=C/c1cc[n+](C)cc1)C1=CCCC=CC1. The van der Waals surface area contributed by atoms with Crippen molar-refractivity contribution in [3.05, 3.63) is 54.0 Å². The van der Waals surface area contributed by atoms with Crippen LogP contribution in [0.3, 0.4) is 0 Å². The summed E-state index contributed by atoms with van der Waals surface area (Å²) in [7, 11) is 4.01. The molecule has 20 heavy (non-hydrogen) atoms. The summed E-state index contributed by atoms with van der Waals surface area (Å²) in [6, 6.07) is 4.11. The van der Waals surface area contributed by atoms with E-state index in [1.165, 1.54) is 5.70 Å². The van der Waals surface area contributed by atoms with E-state index in [2.05, 4.69) is 35.5 Å². The number of hydrogen-bond acceptors (Lipinski definition) is 2. The number of rotatable bonds is 3. The third-order valence-electron chi connectivity index (χ3n) is 3.01. The largest absolute Gasteiger partial charge is 0.273 e. The lowest BCUT2D eigenvalue weighted by Crippen LogP contribution is -2.25. The maximum absolute atomic E-state index is 4.49. The molecule has 1 aliphatic carbocycles. The van der Waals surface area contributed by atoms with Gasteiger partial charge in [0.15, 0.2) is 12.4 Å². The van der Waals surface area contributed by atoms with Crippen LogP contribution in [0, 0.1) is 0 Å². The van der Waals surface area contributed by atoms with E-state index in [0.29, 0.717) is 0 Å². The fourth-order valence-corrected chi connectivity index (χ4v) is 1.84. The third kappa shape index (κ3) is 5.39. The smallest absolute Gasteiger partial charge is 0.169 e. The van der Waals surface area contributed by atoms with Gasteiger partial charge in [0, 0.05) is 36.9 Å². The quantitative estimate of drug-likeness (QED) is 0.357. The fraction of sp³-hybridized carbons (Fsp3) is 0.412. The first kappa shape index (κ1) is 16.2. The summed E-state index contributed by atoms with van der Waals surface area (Å²) in [5.41, 5.74) is 2.38. The van der Waals surface area contributed by atoms with Crippen molar-refractivity contribution in [3.63, 3.8) is 0 Å². The minimum atomic E-state index is 0.970. The Balaban J connectivity index is 0.000000956. The van der Waals surface area contributed by atoms with Crippen LogP contribution in [0.4, 0.5) is 0 Å². The Morgan fingerprint density at radius 1 is 1.15 bits per heavy atom. The van der Waals surface area contributed by atoms with E-state index in [-0.39, 0.29) is 0 Å². The van der Waals surface area contributed by atoms with Crippen LogP contribution in [-0.4, -0.2) is 18.3 Å². The molecule has 1 aromatic heterocycles. The summed E-state index contributed by atoms with van der Waals surface area (Å²) in [4.78, 5) is 0. The summed E-state index contributed by atoms with van der Waals surface area (Å²) in [6.07, 6.45) is 15.9. The molecule has 0 saturated carbocycles. The van der Waals surface area contributed by atoms with Gasteiger partial charge in [0.25, 0.3) is 0 Å². The van der Waals surface area contributed by atoms with E-state index in [0.717, 1.165) is 24.8 Å². The van der Waals surface area contributed by atoms with Crippen molar-refractivity contribution < 1.29 is 4.57 Å². The summed E-state index contributed by atoms with van der Waals surface area (Å²) in [5.74, 6) is 0. The van der Waals surface area contributed by atoms with Crippen molar-refractivity contribution in [2.24, 2.45) is 12.1 Å². The van der Waals surface area contributed by atoms with Crippen molar-refractivity contribution in [2.45, 2.75) is 33.1 Å². The molecule has 0 unspecified atom stereocenters. The molecule has 0 saturated heterocycles. The Morgan fingerprint density at radius 2 is 1.85 bits per heavy atom. The Hall–Kier alpha value is -1.90. The second-order valence-electron chi connectivity index (χ2n) is 4.51. The van der Waals surface area contributed by atoms with Crippen molar-refractivity contribution in [3.8, 4) is 0 Å². The molecule has 108 valence electrons. The van der Waals surface area contributed by atoms with Gasteiger partial charge >= 0.3 is 0 Å². The average Bonchev–Trinajstić information content (AvgIpc) is 2.77. The van der Waals surface area contributed by atoms with Crippen molar-refractivity contribution in [1.29, 1.82) is 0 Å². The molecule has 1 aliphatic rings. The van der Waals surface area contributed by atoms with Crippen LogP contribution in [-0.2, 0) is 7.05 Å². The molecule has 2 rings (SSSR count). The molecule has 1 heterocycles. The topological polar surface area (TPSA) is 19.5 Å². The normalized spacial score (nSPS) is 14.3. The number of hydrazone groups is 1. The number of hydrogen-bond donors (Lipinski definition) is 0. The van der Waals surface area contributed by atoms with Gasteiger partial charge in [0.2, 0.25) is 0 Å². The van der Waals surface area contributed by atoms with E-state index in [1.54, 1.807) is 0 Å². The van der Waals surface area contributed by atoms with Crippen LogP contribution >= 0.6 is 0 Å². The zero-order valence-electron chi connectivity index (χ0n) is 13.1. The molecule has 0 bridgehead atoms. The van der Waals surface area contributed by atoms with E-state index < -0.39 is 0 Å². The molecule has 0 spiro atoms. The zero-order chi connectivity index (χ0) is 14.8. The van der Waals surface area contributed by atoms with E-state index >= 15 is 0 Å². The molecule has 0 amide bonds. The maximum Gasteiger partial charge on any atom is 0.169 e. The van der Waals surface area contributed by atoms with E-state index in [9.17, 15) is 0 Å². The van der Waals surface area contributed by atoms with Gasteiger partial charge in [-0.3, -0.25) is 5.01 Å². The van der Waals surface area contributed by atoms with Gasteiger partial charge in [-0.15, -0.1) is 0 Å². The monoisotopic (exact) mass is 272 g/mol. The standard InChI is InChI=1S/C15H20N3.C2H6/c1-17-11-9-14(10-12-17)13-16-18(2)15-7-5-3-4-6-8-15;1-2/h3,5,8-13H,4,6-7H2,1-2H3;1-2H3/q+1;. The lowest BCUT2D eigenvalue weighted by atomic mass is 10.3. The maximum atomic E-state index is 4.49. The first-order valence-corrected chi connectivity index (χ1v) is 7.33. The van der Waals surface area contributed by atoms with Crippen molar-refractivity contribution in [2.75, 3.05) is 7.05 Å². The van der Waals surface area contributed by atoms with E-state index in [4.69, 9.17) is 0 Å². The molecule has 3 nitrogen and oxygen atoms in total. The first-order valence-electron chi connectivity index (χ1n) is 7.33. The van der Waals surface area contributed by atoms with Gasteiger partial charge in [-0.05, 0) is 12.8 Å². The second kappa shape index (κ2) is 9.08. The van der Waals surface area contributed by atoms with Crippen molar-refractivity contribution in [1.82, 2.24) is 5.01 Å². The molecule has 0 fully saturated rings. The summed E-state index contributed by atoms with van der Waals surface area (Å²) in [5, 5.41) is 6.45. The molecular weight excluding hydrogens is 246 g/mol. The highest BCUT2D eigenvalue weighted by Gasteiger charge is 2.02. The Bertz CT molecular complexity index is 470. The second-order valence-corrected chi connectivity index (χ2v) is 4.51. The third-order valence-corrected chi connectivity index (χ3v) is 3.01. The number of pyridine rings is 1. The predicted molar refractivity (Wildman–Crippen MR) is 85.4 cm³/mol. The first-order chi connectivity index (χ1) is 9.75.